The zero-order valence-electron chi connectivity index (χ0n) is 7.58. The van der Waals surface area contributed by atoms with Crippen molar-refractivity contribution in [2.24, 2.45) is 0 Å². The van der Waals surface area contributed by atoms with Crippen LogP contribution in [0.4, 0.5) is 0 Å². The third-order valence-corrected chi connectivity index (χ3v) is 4.73. The molecule has 2 nitrogen and oxygen atoms in total. The van der Waals surface area contributed by atoms with E-state index in [1.54, 1.807) is 0 Å². The number of nitrogens with zero attached hydrogens (tertiary/aromatic N) is 2. The Balaban J connectivity index is 2.26. The van der Waals surface area contributed by atoms with Gasteiger partial charge in [0.15, 0.2) is 0 Å². The van der Waals surface area contributed by atoms with E-state index in [0.29, 0.717) is 0 Å². The highest BCUT2D eigenvalue weighted by molar-refractivity contribution is 14.1. The zero-order valence-corrected chi connectivity index (χ0v) is 12.1. The molecule has 0 saturated carbocycles. The summed E-state index contributed by atoms with van der Waals surface area (Å²) in [6, 6.07) is 6.35. The fourth-order valence-electron chi connectivity index (χ4n) is 1.63. The average molecular weight is 393 g/mol. The van der Waals surface area contributed by atoms with Crippen LogP contribution in [0.25, 0.3) is 11.4 Å². The standard InChI is InChI=1S/C10H6BrIN2S/c11-6-1-2-7-8(3-6)15-5-14-9(12)4-13-10(7)14/h1-4H,5H2. The van der Waals surface area contributed by atoms with Gasteiger partial charge in [-0.2, -0.15) is 0 Å². The molecule has 1 aliphatic rings. The minimum atomic E-state index is 0.955. The van der Waals surface area contributed by atoms with Gasteiger partial charge in [0.25, 0.3) is 0 Å². The van der Waals surface area contributed by atoms with Gasteiger partial charge in [-0.25, -0.2) is 4.98 Å². The number of thioether (sulfide) groups is 1. The van der Waals surface area contributed by atoms with E-state index < -0.39 is 0 Å². The van der Waals surface area contributed by atoms with E-state index in [4.69, 9.17) is 0 Å². The number of aromatic nitrogens is 2. The van der Waals surface area contributed by atoms with Crippen LogP contribution in [0, 0.1) is 3.70 Å². The average Bonchev–Trinajstić information content (AvgIpc) is 2.60. The van der Waals surface area contributed by atoms with Gasteiger partial charge in [0.2, 0.25) is 0 Å². The van der Waals surface area contributed by atoms with Crippen molar-refractivity contribution in [2.75, 3.05) is 0 Å². The lowest BCUT2D eigenvalue weighted by atomic mass is 10.2. The molecule has 3 rings (SSSR count). The minimum Gasteiger partial charge on any atom is -0.309 e. The molecule has 76 valence electrons. The molecule has 1 aromatic heterocycles. The van der Waals surface area contributed by atoms with Crippen LogP contribution >= 0.6 is 50.3 Å². The van der Waals surface area contributed by atoms with Gasteiger partial charge >= 0.3 is 0 Å². The molecule has 0 bridgehead atoms. The van der Waals surface area contributed by atoms with E-state index in [-0.39, 0.29) is 0 Å². The van der Waals surface area contributed by atoms with E-state index in [0.717, 1.165) is 16.2 Å². The van der Waals surface area contributed by atoms with E-state index >= 15 is 0 Å². The van der Waals surface area contributed by atoms with Gasteiger partial charge in [0.1, 0.15) is 9.53 Å². The lowest BCUT2D eigenvalue weighted by Crippen LogP contribution is -2.05. The maximum Gasteiger partial charge on any atom is 0.142 e. The number of imidazole rings is 1. The number of benzene rings is 1. The van der Waals surface area contributed by atoms with Crippen LogP contribution in [0.5, 0.6) is 0 Å². The summed E-state index contributed by atoms with van der Waals surface area (Å²) in [5, 5.41) is 0. The molecule has 0 saturated heterocycles. The topological polar surface area (TPSA) is 17.8 Å². The highest BCUT2D eigenvalue weighted by Gasteiger charge is 2.19. The number of hydrogen-bond acceptors (Lipinski definition) is 2. The Kier molecular flexibility index (Phi) is 2.56. The molecular weight excluding hydrogens is 387 g/mol. The molecule has 0 spiro atoms. The fourth-order valence-corrected chi connectivity index (χ4v) is 3.96. The van der Waals surface area contributed by atoms with Crippen molar-refractivity contribution in [3.63, 3.8) is 0 Å². The molecule has 0 aliphatic carbocycles. The molecule has 2 heterocycles. The van der Waals surface area contributed by atoms with Crippen molar-refractivity contribution in [1.82, 2.24) is 9.55 Å². The second-order valence-corrected chi connectivity index (χ2v) is 6.25. The van der Waals surface area contributed by atoms with Crippen molar-refractivity contribution in [3.05, 3.63) is 32.6 Å². The minimum absolute atomic E-state index is 0.955. The fraction of sp³-hybridized carbons (Fsp3) is 0.100. The van der Waals surface area contributed by atoms with E-state index in [1.165, 1.54) is 14.2 Å². The summed E-state index contributed by atoms with van der Waals surface area (Å²) in [6.07, 6.45) is 1.92. The van der Waals surface area contributed by atoms with Crippen LogP contribution in [-0.4, -0.2) is 9.55 Å². The first-order valence-corrected chi connectivity index (χ1v) is 7.25. The zero-order chi connectivity index (χ0) is 10.4. The first kappa shape index (κ1) is 10.2. The Bertz CT molecular complexity index is 538. The number of halogens is 2. The SMILES string of the molecule is Brc1ccc2c(c1)SCn1c(I)cnc1-2. The van der Waals surface area contributed by atoms with Crippen LogP contribution < -0.4 is 0 Å². The van der Waals surface area contributed by atoms with Crippen LogP contribution in [0.2, 0.25) is 0 Å². The summed E-state index contributed by atoms with van der Waals surface area (Å²) in [6.45, 7) is 0. The molecule has 0 fully saturated rings. The van der Waals surface area contributed by atoms with E-state index in [2.05, 4.69) is 66.3 Å². The number of hydrogen-bond donors (Lipinski definition) is 0. The van der Waals surface area contributed by atoms with Crippen molar-refractivity contribution in [1.29, 1.82) is 0 Å². The molecule has 5 heteroatoms. The van der Waals surface area contributed by atoms with Gasteiger partial charge in [-0.15, -0.1) is 11.8 Å². The smallest absolute Gasteiger partial charge is 0.142 e. The molecule has 1 aliphatic heterocycles. The summed E-state index contributed by atoms with van der Waals surface area (Å²) in [7, 11) is 0. The molecule has 0 radical (unpaired) electrons. The molecule has 15 heavy (non-hydrogen) atoms. The summed E-state index contributed by atoms with van der Waals surface area (Å²) < 4.78 is 4.56. The van der Waals surface area contributed by atoms with Gasteiger partial charge in [-0.05, 0) is 40.8 Å². The van der Waals surface area contributed by atoms with Crippen molar-refractivity contribution < 1.29 is 0 Å². The van der Waals surface area contributed by atoms with Crippen LogP contribution in [0.3, 0.4) is 0 Å². The Morgan fingerprint density at radius 2 is 2.33 bits per heavy atom. The van der Waals surface area contributed by atoms with Crippen molar-refractivity contribution in [2.45, 2.75) is 10.8 Å². The predicted octanol–water partition coefficient (Wildman–Crippen LogP) is 3.98. The predicted molar refractivity (Wildman–Crippen MR) is 73.9 cm³/mol. The van der Waals surface area contributed by atoms with Gasteiger partial charge in [-0.3, -0.25) is 0 Å². The Labute approximate surface area is 114 Å². The molecule has 0 N–H and O–H groups in total. The number of fused-ring (bicyclic) bond motifs is 3. The second kappa shape index (κ2) is 3.78. The third-order valence-electron chi connectivity index (χ3n) is 2.34. The summed E-state index contributed by atoms with van der Waals surface area (Å²) in [5.41, 5.74) is 1.23. The van der Waals surface area contributed by atoms with E-state index in [9.17, 15) is 0 Å². The van der Waals surface area contributed by atoms with Crippen molar-refractivity contribution in [3.8, 4) is 11.4 Å². The summed E-state index contributed by atoms with van der Waals surface area (Å²) in [4.78, 5) is 5.76. The van der Waals surface area contributed by atoms with Crippen molar-refractivity contribution >= 4 is 50.3 Å². The molecule has 0 unspecified atom stereocenters. The first-order valence-electron chi connectivity index (χ1n) is 4.39. The lowest BCUT2D eigenvalue weighted by molar-refractivity contribution is 0.862. The first-order chi connectivity index (χ1) is 7.25. The van der Waals surface area contributed by atoms with Gasteiger partial charge in [0.05, 0.1) is 12.1 Å². The maximum absolute atomic E-state index is 4.45. The third kappa shape index (κ3) is 1.64. The quantitative estimate of drug-likeness (QED) is 0.631. The molecule has 1 aromatic carbocycles. The Morgan fingerprint density at radius 1 is 1.47 bits per heavy atom. The second-order valence-electron chi connectivity index (χ2n) is 3.25. The summed E-state index contributed by atoms with van der Waals surface area (Å²) in [5.74, 6) is 2.04. The van der Waals surface area contributed by atoms with Gasteiger partial charge < -0.3 is 4.57 Å². The normalized spacial score (nSPS) is 13.5. The molecule has 0 amide bonds. The van der Waals surface area contributed by atoms with Crippen LogP contribution in [-0.2, 0) is 5.88 Å². The summed E-state index contributed by atoms with van der Waals surface area (Å²) >= 11 is 7.67. The Hall–Kier alpha value is -0.0100. The molecule has 2 aromatic rings. The maximum atomic E-state index is 4.45. The highest BCUT2D eigenvalue weighted by atomic mass is 127. The highest BCUT2D eigenvalue weighted by Crippen LogP contribution is 2.39. The van der Waals surface area contributed by atoms with Gasteiger partial charge in [0, 0.05) is 14.9 Å². The van der Waals surface area contributed by atoms with Crippen LogP contribution in [0.1, 0.15) is 0 Å². The molecular formula is C10H6BrIN2S. The largest absolute Gasteiger partial charge is 0.309 e. The van der Waals surface area contributed by atoms with Crippen LogP contribution in [0.15, 0.2) is 33.8 Å². The molecule has 0 atom stereocenters. The van der Waals surface area contributed by atoms with E-state index in [1.807, 2.05) is 18.0 Å². The van der Waals surface area contributed by atoms with Gasteiger partial charge in [-0.1, -0.05) is 15.9 Å². The number of rotatable bonds is 0. The monoisotopic (exact) mass is 392 g/mol. The lowest BCUT2D eigenvalue weighted by Gasteiger charge is -2.18. The Morgan fingerprint density at radius 3 is 3.20 bits per heavy atom.